The lowest BCUT2D eigenvalue weighted by Crippen LogP contribution is -2.41. The van der Waals surface area contributed by atoms with E-state index in [0.717, 1.165) is 29.8 Å². The van der Waals surface area contributed by atoms with Crippen LogP contribution in [0.2, 0.25) is 0 Å². The third-order valence-electron chi connectivity index (χ3n) is 3.64. The molecule has 8 heteroatoms. The SMILES string of the molecule is O=C(Cn1ccc(C(F)(F)F)n1)N1CCCC(CCO)C1. The van der Waals surface area contributed by atoms with Gasteiger partial charge in [-0.1, -0.05) is 0 Å². The van der Waals surface area contributed by atoms with Crippen molar-refractivity contribution in [1.82, 2.24) is 14.7 Å². The van der Waals surface area contributed by atoms with E-state index in [1.807, 2.05) is 0 Å². The molecule has 118 valence electrons. The number of nitrogens with zero attached hydrogens (tertiary/aromatic N) is 3. The summed E-state index contributed by atoms with van der Waals surface area (Å²) >= 11 is 0. The van der Waals surface area contributed by atoms with Crippen molar-refractivity contribution in [3.63, 3.8) is 0 Å². The largest absolute Gasteiger partial charge is 0.435 e. The van der Waals surface area contributed by atoms with Gasteiger partial charge in [-0.2, -0.15) is 18.3 Å². The van der Waals surface area contributed by atoms with Crippen molar-refractivity contribution in [2.24, 2.45) is 5.92 Å². The van der Waals surface area contributed by atoms with Gasteiger partial charge < -0.3 is 10.0 Å². The van der Waals surface area contributed by atoms with Crippen molar-refractivity contribution in [1.29, 1.82) is 0 Å². The van der Waals surface area contributed by atoms with Crippen molar-refractivity contribution in [3.8, 4) is 0 Å². The highest BCUT2D eigenvalue weighted by Crippen LogP contribution is 2.27. The number of piperidine rings is 1. The molecule has 0 saturated carbocycles. The fraction of sp³-hybridized carbons (Fsp3) is 0.692. The molecule has 1 unspecified atom stereocenters. The summed E-state index contributed by atoms with van der Waals surface area (Å²) in [6.45, 7) is 1.05. The van der Waals surface area contributed by atoms with Crippen molar-refractivity contribution >= 4 is 5.91 Å². The van der Waals surface area contributed by atoms with Gasteiger partial charge in [-0.15, -0.1) is 0 Å². The van der Waals surface area contributed by atoms with E-state index in [9.17, 15) is 18.0 Å². The van der Waals surface area contributed by atoms with E-state index in [0.29, 0.717) is 19.5 Å². The number of halogens is 3. The van der Waals surface area contributed by atoms with Crippen LogP contribution in [0.5, 0.6) is 0 Å². The molecule has 2 heterocycles. The van der Waals surface area contributed by atoms with Crippen molar-refractivity contribution in [2.45, 2.75) is 32.0 Å². The van der Waals surface area contributed by atoms with E-state index in [1.54, 1.807) is 4.90 Å². The first-order valence-corrected chi connectivity index (χ1v) is 6.89. The minimum absolute atomic E-state index is 0.0841. The molecule has 1 N–H and O–H groups in total. The summed E-state index contributed by atoms with van der Waals surface area (Å²) in [6.07, 6.45) is -0.876. The molecule has 1 saturated heterocycles. The fourth-order valence-electron chi connectivity index (χ4n) is 2.55. The Labute approximate surface area is 120 Å². The number of carbonyl (C=O) groups excluding carboxylic acids is 1. The Kier molecular flexibility index (Phi) is 4.87. The average Bonchev–Trinajstić information content (AvgIpc) is 2.88. The molecule has 1 amide bonds. The van der Waals surface area contributed by atoms with Crippen LogP contribution in [0.25, 0.3) is 0 Å². The summed E-state index contributed by atoms with van der Waals surface area (Å²) in [6, 6.07) is 0.859. The number of likely N-dealkylation sites (tertiary alicyclic amines) is 1. The van der Waals surface area contributed by atoms with Crippen LogP contribution in [0.4, 0.5) is 13.2 Å². The smallest absolute Gasteiger partial charge is 0.396 e. The molecule has 0 aromatic carbocycles. The van der Waals surface area contributed by atoms with Crippen molar-refractivity contribution in [3.05, 3.63) is 18.0 Å². The molecule has 2 rings (SSSR count). The highest BCUT2D eigenvalue weighted by molar-refractivity contribution is 5.76. The Balaban J connectivity index is 1.93. The van der Waals surface area contributed by atoms with Crippen LogP contribution in [0.15, 0.2) is 12.3 Å². The van der Waals surface area contributed by atoms with E-state index in [-0.39, 0.29) is 25.0 Å². The predicted molar refractivity (Wildman–Crippen MR) is 68.2 cm³/mol. The molecular weight excluding hydrogens is 287 g/mol. The average molecular weight is 305 g/mol. The third-order valence-corrected chi connectivity index (χ3v) is 3.64. The minimum Gasteiger partial charge on any atom is -0.396 e. The van der Waals surface area contributed by atoms with Crippen LogP contribution >= 0.6 is 0 Å². The maximum Gasteiger partial charge on any atom is 0.435 e. The Hall–Kier alpha value is -1.57. The molecule has 21 heavy (non-hydrogen) atoms. The van der Waals surface area contributed by atoms with Crippen molar-refractivity contribution in [2.75, 3.05) is 19.7 Å². The second-order valence-electron chi connectivity index (χ2n) is 5.26. The minimum atomic E-state index is -4.49. The highest BCUT2D eigenvalue weighted by Gasteiger charge is 2.33. The van der Waals surface area contributed by atoms with Gasteiger partial charge in [0.2, 0.25) is 5.91 Å². The lowest BCUT2D eigenvalue weighted by atomic mass is 9.95. The molecular formula is C13H18F3N3O2. The molecule has 0 spiro atoms. The lowest BCUT2D eigenvalue weighted by molar-refractivity contribution is -0.142. The van der Waals surface area contributed by atoms with Crippen LogP contribution in [-0.4, -0.2) is 45.4 Å². The van der Waals surface area contributed by atoms with Crippen molar-refractivity contribution < 1.29 is 23.1 Å². The molecule has 1 aliphatic heterocycles. The van der Waals surface area contributed by atoms with Gasteiger partial charge in [0.25, 0.3) is 0 Å². The molecule has 1 fully saturated rings. The van der Waals surface area contributed by atoms with Crippen LogP contribution in [-0.2, 0) is 17.5 Å². The first-order chi connectivity index (χ1) is 9.90. The number of rotatable bonds is 4. The summed E-state index contributed by atoms with van der Waals surface area (Å²) in [5.41, 5.74) is -0.993. The zero-order valence-corrected chi connectivity index (χ0v) is 11.5. The molecule has 1 atom stereocenters. The molecule has 0 bridgehead atoms. The number of aliphatic hydroxyl groups is 1. The van der Waals surface area contributed by atoms with E-state index < -0.39 is 11.9 Å². The zero-order chi connectivity index (χ0) is 15.5. The van der Waals surface area contributed by atoms with E-state index in [4.69, 9.17) is 5.11 Å². The number of alkyl halides is 3. The number of hydrogen-bond donors (Lipinski definition) is 1. The molecule has 1 aromatic heterocycles. The van der Waals surface area contributed by atoms with Gasteiger partial charge in [-0.3, -0.25) is 9.48 Å². The number of aromatic nitrogens is 2. The van der Waals surface area contributed by atoms with E-state index in [1.165, 1.54) is 0 Å². The van der Waals surface area contributed by atoms with Gasteiger partial charge in [0.05, 0.1) is 0 Å². The third kappa shape index (κ3) is 4.20. The molecule has 0 aliphatic carbocycles. The maximum atomic E-state index is 12.4. The van der Waals surface area contributed by atoms with Gasteiger partial charge in [0, 0.05) is 25.9 Å². The predicted octanol–water partition coefficient (Wildman–Crippen LogP) is 1.52. The quantitative estimate of drug-likeness (QED) is 0.917. The first kappa shape index (κ1) is 15.8. The molecule has 1 aliphatic rings. The van der Waals surface area contributed by atoms with Gasteiger partial charge in [-0.25, -0.2) is 0 Å². The molecule has 0 radical (unpaired) electrons. The highest BCUT2D eigenvalue weighted by atomic mass is 19.4. The lowest BCUT2D eigenvalue weighted by Gasteiger charge is -2.32. The Morgan fingerprint density at radius 3 is 2.86 bits per heavy atom. The van der Waals surface area contributed by atoms with Gasteiger partial charge in [0.15, 0.2) is 5.69 Å². The summed E-state index contributed by atoms with van der Waals surface area (Å²) in [7, 11) is 0. The first-order valence-electron chi connectivity index (χ1n) is 6.89. The second-order valence-corrected chi connectivity index (χ2v) is 5.26. The fourth-order valence-corrected chi connectivity index (χ4v) is 2.55. The van der Waals surface area contributed by atoms with Crippen LogP contribution < -0.4 is 0 Å². The number of hydrogen-bond acceptors (Lipinski definition) is 3. The Morgan fingerprint density at radius 1 is 1.48 bits per heavy atom. The topological polar surface area (TPSA) is 58.4 Å². The number of aliphatic hydroxyl groups excluding tert-OH is 1. The zero-order valence-electron chi connectivity index (χ0n) is 11.5. The number of carbonyl (C=O) groups is 1. The van der Waals surface area contributed by atoms with Gasteiger partial charge >= 0.3 is 6.18 Å². The normalized spacial score (nSPS) is 19.8. The summed E-state index contributed by atoms with van der Waals surface area (Å²) in [4.78, 5) is 13.7. The van der Waals surface area contributed by atoms with Gasteiger partial charge in [0.1, 0.15) is 6.54 Å². The van der Waals surface area contributed by atoms with E-state index >= 15 is 0 Å². The van der Waals surface area contributed by atoms with Crippen LogP contribution in [0, 0.1) is 5.92 Å². The summed E-state index contributed by atoms with van der Waals surface area (Å²) in [5, 5.41) is 12.3. The second kappa shape index (κ2) is 6.46. The van der Waals surface area contributed by atoms with Crippen LogP contribution in [0.3, 0.4) is 0 Å². The van der Waals surface area contributed by atoms with Crippen LogP contribution in [0.1, 0.15) is 25.0 Å². The monoisotopic (exact) mass is 305 g/mol. The Bertz CT molecular complexity index is 485. The molecule has 5 nitrogen and oxygen atoms in total. The summed E-state index contributed by atoms with van der Waals surface area (Å²) in [5.74, 6) is 0.0190. The Morgan fingerprint density at radius 2 is 2.24 bits per heavy atom. The maximum absolute atomic E-state index is 12.4. The summed E-state index contributed by atoms with van der Waals surface area (Å²) < 4.78 is 38.3. The number of amides is 1. The van der Waals surface area contributed by atoms with Gasteiger partial charge in [-0.05, 0) is 31.2 Å². The molecule has 1 aromatic rings. The van der Waals surface area contributed by atoms with E-state index in [2.05, 4.69) is 5.10 Å². The standard InChI is InChI=1S/C13H18F3N3O2/c14-13(15,16)11-3-6-19(17-11)9-12(21)18-5-1-2-10(8-18)4-7-20/h3,6,10,20H,1-2,4-5,7-9H2.